The first-order valence-corrected chi connectivity index (χ1v) is 7.54. The van der Waals surface area contributed by atoms with Crippen LogP contribution in [0.1, 0.15) is 19.8 Å². The minimum Gasteiger partial charge on any atom is -0.419 e. The van der Waals surface area contributed by atoms with E-state index in [1.54, 1.807) is 0 Å². The molecule has 0 spiro atoms. The van der Waals surface area contributed by atoms with E-state index in [4.69, 9.17) is 4.43 Å². The lowest BCUT2D eigenvalue weighted by Crippen LogP contribution is -2.35. The molecule has 0 aromatic rings. The molecule has 0 aliphatic rings. The Labute approximate surface area is 83.6 Å². The van der Waals surface area contributed by atoms with Crippen molar-refractivity contribution in [1.29, 1.82) is 0 Å². The molecule has 76 valence electrons. The van der Waals surface area contributed by atoms with Crippen molar-refractivity contribution in [3.8, 4) is 0 Å². The Hall–Kier alpha value is -0.343. The molecule has 0 aromatic heterocycles. The van der Waals surface area contributed by atoms with E-state index in [0.29, 0.717) is 0 Å². The lowest BCUT2D eigenvalue weighted by molar-refractivity contribution is 0.394. The summed E-state index contributed by atoms with van der Waals surface area (Å²) >= 11 is 0. The smallest absolute Gasteiger partial charge is 0.199 e. The number of hydrogen-bond donors (Lipinski definition) is 0. The predicted molar refractivity (Wildman–Crippen MR) is 62.5 cm³/mol. The second kappa shape index (κ2) is 7.10. The van der Waals surface area contributed by atoms with Gasteiger partial charge < -0.3 is 4.43 Å². The van der Waals surface area contributed by atoms with E-state index < -0.39 is 8.32 Å². The van der Waals surface area contributed by atoms with E-state index in [1.807, 2.05) is 19.3 Å². The molecular formula is C11H22OSi. The Morgan fingerprint density at radius 3 is 2.08 bits per heavy atom. The molecule has 2 heteroatoms. The number of allylic oxidation sites excluding steroid dienone is 2. The topological polar surface area (TPSA) is 9.23 Å². The number of hydrogen-bond acceptors (Lipinski definition) is 1. The van der Waals surface area contributed by atoms with Crippen molar-refractivity contribution in [3.05, 3.63) is 25.3 Å². The van der Waals surface area contributed by atoms with Crippen LogP contribution in [0.25, 0.3) is 0 Å². The standard InChI is InChI=1S/C11H22OSi/c1-5-8-11-13(12-4,9-6-2)10-7-3/h6-7H,2-3,5,8-11H2,1,4H3. The summed E-state index contributed by atoms with van der Waals surface area (Å²) in [6.45, 7) is 9.83. The van der Waals surface area contributed by atoms with Crippen molar-refractivity contribution in [3.63, 3.8) is 0 Å². The summed E-state index contributed by atoms with van der Waals surface area (Å²) in [5.41, 5.74) is 0. The first-order valence-electron chi connectivity index (χ1n) is 5.01. The summed E-state index contributed by atoms with van der Waals surface area (Å²) in [5, 5.41) is 0. The Bertz CT molecular complexity index is 144. The molecule has 0 aliphatic heterocycles. The highest BCUT2D eigenvalue weighted by Gasteiger charge is 2.29. The maximum atomic E-state index is 5.72. The van der Waals surface area contributed by atoms with Gasteiger partial charge in [0.15, 0.2) is 8.32 Å². The van der Waals surface area contributed by atoms with Crippen LogP contribution in [0.4, 0.5) is 0 Å². The van der Waals surface area contributed by atoms with Crippen LogP contribution >= 0.6 is 0 Å². The molecule has 0 amide bonds. The minimum absolute atomic E-state index is 1.05. The van der Waals surface area contributed by atoms with E-state index in [1.165, 1.54) is 18.9 Å². The summed E-state index contributed by atoms with van der Waals surface area (Å²) in [5.74, 6) is 0. The number of unbranched alkanes of at least 4 members (excludes halogenated alkanes) is 1. The molecule has 0 unspecified atom stereocenters. The molecule has 1 nitrogen and oxygen atoms in total. The fourth-order valence-electron chi connectivity index (χ4n) is 1.58. The van der Waals surface area contributed by atoms with Gasteiger partial charge in [-0.25, -0.2) is 0 Å². The maximum Gasteiger partial charge on any atom is 0.199 e. The van der Waals surface area contributed by atoms with Crippen LogP contribution < -0.4 is 0 Å². The molecule has 0 fully saturated rings. The van der Waals surface area contributed by atoms with Crippen molar-refractivity contribution in [2.75, 3.05) is 7.11 Å². The average molecular weight is 198 g/mol. The summed E-state index contributed by atoms with van der Waals surface area (Å²) in [7, 11) is 0.316. The third-order valence-corrected chi connectivity index (χ3v) is 6.65. The molecular weight excluding hydrogens is 176 g/mol. The van der Waals surface area contributed by atoms with E-state index in [-0.39, 0.29) is 0 Å². The van der Waals surface area contributed by atoms with Crippen molar-refractivity contribution in [2.24, 2.45) is 0 Å². The second-order valence-electron chi connectivity index (χ2n) is 3.48. The molecule has 0 aliphatic carbocycles. The first-order chi connectivity index (χ1) is 6.24. The zero-order chi connectivity index (χ0) is 10.2. The molecule has 0 bridgehead atoms. The van der Waals surface area contributed by atoms with E-state index in [2.05, 4.69) is 20.1 Å². The van der Waals surface area contributed by atoms with Gasteiger partial charge in [-0.15, -0.1) is 13.2 Å². The Kier molecular flexibility index (Phi) is 6.91. The van der Waals surface area contributed by atoms with Gasteiger partial charge in [0.25, 0.3) is 0 Å². The molecule has 13 heavy (non-hydrogen) atoms. The zero-order valence-electron chi connectivity index (χ0n) is 9.01. The molecule has 0 rings (SSSR count). The van der Waals surface area contributed by atoms with Crippen molar-refractivity contribution in [2.45, 2.75) is 37.9 Å². The third-order valence-electron chi connectivity index (χ3n) is 2.45. The summed E-state index contributed by atoms with van der Waals surface area (Å²) in [4.78, 5) is 0. The lowest BCUT2D eigenvalue weighted by atomic mass is 10.4. The highest BCUT2D eigenvalue weighted by Crippen LogP contribution is 2.25. The van der Waals surface area contributed by atoms with Crippen LogP contribution in [0.2, 0.25) is 18.1 Å². The van der Waals surface area contributed by atoms with Crippen LogP contribution in [-0.4, -0.2) is 15.4 Å². The highest BCUT2D eigenvalue weighted by molar-refractivity contribution is 6.74. The van der Waals surface area contributed by atoms with Gasteiger partial charge in [-0.3, -0.25) is 0 Å². The second-order valence-corrected chi connectivity index (χ2v) is 7.57. The van der Waals surface area contributed by atoms with E-state index in [9.17, 15) is 0 Å². The predicted octanol–water partition coefficient (Wildman–Crippen LogP) is 3.75. The summed E-state index contributed by atoms with van der Waals surface area (Å²) in [6, 6.07) is 3.34. The van der Waals surface area contributed by atoms with Gasteiger partial charge >= 0.3 is 0 Å². The van der Waals surface area contributed by atoms with Crippen LogP contribution in [0.15, 0.2) is 25.3 Å². The van der Waals surface area contributed by atoms with Gasteiger partial charge in [-0.1, -0.05) is 31.9 Å². The first kappa shape index (κ1) is 12.7. The molecule has 0 N–H and O–H groups in total. The van der Waals surface area contributed by atoms with E-state index in [0.717, 1.165) is 12.1 Å². The van der Waals surface area contributed by atoms with Gasteiger partial charge in [-0.2, -0.15) is 0 Å². The molecule has 0 heterocycles. The summed E-state index contributed by atoms with van der Waals surface area (Å²) < 4.78 is 5.72. The van der Waals surface area contributed by atoms with Crippen molar-refractivity contribution in [1.82, 2.24) is 0 Å². The monoisotopic (exact) mass is 198 g/mol. The van der Waals surface area contributed by atoms with E-state index >= 15 is 0 Å². The van der Waals surface area contributed by atoms with Crippen LogP contribution in [0.3, 0.4) is 0 Å². The third kappa shape index (κ3) is 4.43. The van der Waals surface area contributed by atoms with Crippen molar-refractivity contribution >= 4 is 8.32 Å². The van der Waals surface area contributed by atoms with Gasteiger partial charge in [0.1, 0.15) is 0 Å². The molecule has 0 saturated carbocycles. The zero-order valence-corrected chi connectivity index (χ0v) is 10.0. The number of rotatable bonds is 8. The normalized spacial score (nSPS) is 11.2. The highest BCUT2D eigenvalue weighted by atomic mass is 28.4. The lowest BCUT2D eigenvalue weighted by Gasteiger charge is -2.27. The van der Waals surface area contributed by atoms with Crippen molar-refractivity contribution < 1.29 is 4.43 Å². The largest absolute Gasteiger partial charge is 0.419 e. The van der Waals surface area contributed by atoms with Crippen LogP contribution in [0, 0.1) is 0 Å². The van der Waals surface area contributed by atoms with Gasteiger partial charge in [-0.05, 0) is 18.1 Å². The molecule has 0 saturated heterocycles. The van der Waals surface area contributed by atoms with Gasteiger partial charge in [0, 0.05) is 7.11 Å². The molecule has 0 atom stereocenters. The Morgan fingerprint density at radius 1 is 1.23 bits per heavy atom. The maximum absolute atomic E-state index is 5.72. The fraction of sp³-hybridized carbons (Fsp3) is 0.636. The summed E-state index contributed by atoms with van der Waals surface area (Å²) in [6.07, 6.45) is 6.50. The SMILES string of the molecule is C=CC[Si](CC=C)(CCCC)OC. The van der Waals surface area contributed by atoms with Gasteiger partial charge in [0.2, 0.25) is 0 Å². The average Bonchev–Trinajstić information content (AvgIpc) is 2.15. The Balaban J connectivity index is 4.23. The minimum atomic E-state index is -1.53. The molecule has 0 aromatic carbocycles. The van der Waals surface area contributed by atoms with Gasteiger partial charge in [0.05, 0.1) is 0 Å². The van der Waals surface area contributed by atoms with Crippen LogP contribution in [-0.2, 0) is 4.43 Å². The quantitative estimate of drug-likeness (QED) is 0.426. The Morgan fingerprint density at radius 2 is 1.77 bits per heavy atom. The molecule has 0 radical (unpaired) electrons. The van der Waals surface area contributed by atoms with Crippen LogP contribution in [0.5, 0.6) is 0 Å². The fourth-order valence-corrected chi connectivity index (χ4v) is 4.74.